The lowest BCUT2D eigenvalue weighted by atomic mass is 10.1. The van der Waals surface area contributed by atoms with Crippen LogP contribution in [0.4, 0.5) is 10.1 Å². The number of aliphatic hydroxyl groups excluding tert-OH is 2. The Balaban J connectivity index is 2.27. The molecule has 1 aromatic carbocycles. The van der Waals surface area contributed by atoms with Gasteiger partial charge in [-0.3, -0.25) is 0 Å². The van der Waals surface area contributed by atoms with Crippen LogP contribution in [0.25, 0.3) is 0 Å². The maximum Gasteiger partial charge on any atom is 0.123 e. The first-order chi connectivity index (χ1) is 7.61. The summed E-state index contributed by atoms with van der Waals surface area (Å²) in [5, 5.41) is 18.9. The van der Waals surface area contributed by atoms with Gasteiger partial charge < -0.3 is 20.8 Å². The Bertz CT molecular complexity index is 376. The molecular formula is C11H15FN2O2. The van der Waals surface area contributed by atoms with Crippen molar-refractivity contribution in [3.8, 4) is 0 Å². The first-order valence-electron chi connectivity index (χ1n) is 5.21. The minimum absolute atomic E-state index is 0.232. The average molecular weight is 226 g/mol. The Morgan fingerprint density at radius 1 is 1.31 bits per heavy atom. The predicted molar refractivity (Wildman–Crippen MR) is 58.5 cm³/mol. The van der Waals surface area contributed by atoms with Crippen LogP contribution < -0.4 is 10.6 Å². The second kappa shape index (κ2) is 4.37. The van der Waals surface area contributed by atoms with Gasteiger partial charge in [0.05, 0.1) is 12.2 Å². The van der Waals surface area contributed by atoms with Gasteiger partial charge in [-0.1, -0.05) is 0 Å². The number of nitrogens with two attached hydrogens (primary N) is 1. The third-order valence-corrected chi connectivity index (χ3v) is 2.86. The van der Waals surface area contributed by atoms with E-state index in [0.717, 1.165) is 5.69 Å². The molecule has 5 heteroatoms. The molecule has 1 aromatic rings. The normalized spacial score (nSPS) is 25.1. The van der Waals surface area contributed by atoms with Gasteiger partial charge in [0.25, 0.3) is 0 Å². The van der Waals surface area contributed by atoms with Crippen molar-refractivity contribution in [1.82, 2.24) is 0 Å². The topological polar surface area (TPSA) is 69.7 Å². The van der Waals surface area contributed by atoms with Crippen LogP contribution >= 0.6 is 0 Å². The summed E-state index contributed by atoms with van der Waals surface area (Å²) in [4.78, 5) is 1.82. The Labute approximate surface area is 93.1 Å². The summed E-state index contributed by atoms with van der Waals surface area (Å²) < 4.78 is 13.0. The number of rotatable bonds is 2. The molecule has 1 saturated heterocycles. The van der Waals surface area contributed by atoms with Crippen LogP contribution in [0.15, 0.2) is 18.2 Å². The van der Waals surface area contributed by atoms with Crippen molar-refractivity contribution in [2.75, 3.05) is 18.0 Å². The molecule has 2 atom stereocenters. The fourth-order valence-corrected chi connectivity index (χ4v) is 1.99. The molecule has 0 aliphatic carbocycles. The van der Waals surface area contributed by atoms with E-state index in [1.54, 1.807) is 6.07 Å². The van der Waals surface area contributed by atoms with E-state index in [1.807, 2.05) is 4.90 Å². The summed E-state index contributed by atoms with van der Waals surface area (Å²) in [6.45, 7) is 0.926. The van der Waals surface area contributed by atoms with Crippen molar-refractivity contribution >= 4 is 5.69 Å². The zero-order chi connectivity index (χ0) is 11.7. The van der Waals surface area contributed by atoms with E-state index in [2.05, 4.69) is 0 Å². The molecule has 4 nitrogen and oxygen atoms in total. The van der Waals surface area contributed by atoms with Crippen LogP contribution in [0.3, 0.4) is 0 Å². The van der Waals surface area contributed by atoms with Gasteiger partial charge in [-0.15, -0.1) is 0 Å². The second-order valence-electron chi connectivity index (χ2n) is 4.02. The molecule has 2 unspecified atom stereocenters. The van der Waals surface area contributed by atoms with Gasteiger partial charge in [0.2, 0.25) is 0 Å². The van der Waals surface area contributed by atoms with Gasteiger partial charge >= 0.3 is 0 Å². The van der Waals surface area contributed by atoms with Crippen molar-refractivity contribution in [1.29, 1.82) is 0 Å². The Morgan fingerprint density at radius 3 is 2.50 bits per heavy atom. The molecule has 1 aliphatic heterocycles. The maximum absolute atomic E-state index is 13.0. The van der Waals surface area contributed by atoms with Crippen LogP contribution in [0, 0.1) is 5.82 Å². The molecule has 16 heavy (non-hydrogen) atoms. The maximum atomic E-state index is 13.0. The number of benzene rings is 1. The molecule has 0 radical (unpaired) electrons. The molecule has 0 spiro atoms. The SMILES string of the molecule is NCc1cc(F)ccc1N1CC(O)C(O)C1. The van der Waals surface area contributed by atoms with Crippen LogP contribution in [-0.4, -0.2) is 35.5 Å². The van der Waals surface area contributed by atoms with Crippen molar-refractivity contribution in [3.05, 3.63) is 29.6 Å². The summed E-state index contributed by atoms with van der Waals surface area (Å²) in [5.41, 5.74) is 7.00. The number of hydrogen-bond acceptors (Lipinski definition) is 4. The monoisotopic (exact) mass is 226 g/mol. The number of halogens is 1. The van der Waals surface area contributed by atoms with Crippen molar-refractivity contribution < 1.29 is 14.6 Å². The van der Waals surface area contributed by atoms with Gasteiger partial charge in [0.1, 0.15) is 5.82 Å². The zero-order valence-corrected chi connectivity index (χ0v) is 8.81. The standard InChI is InChI=1S/C11H15FN2O2/c12-8-1-2-9(7(3-8)4-13)14-5-10(15)11(16)6-14/h1-3,10-11,15-16H,4-6,13H2. The Morgan fingerprint density at radius 2 is 1.94 bits per heavy atom. The van der Waals surface area contributed by atoms with E-state index in [0.29, 0.717) is 18.7 Å². The average Bonchev–Trinajstić information content (AvgIpc) is 2.59. The van der Waals surface area contributed by atoms with Crippen LogP contribution in [0.2, 0.25) is 0 Å². The molecule has 1 fully saturated rings. The first kappa shape index (κ1) is 11.3. The highest BCUT2D eigenvalue weighted by molar-refractivity contribution is 5.55. The molecular weight excluding hydrogens is 211 g/mol. The minimum Gasteiger partial charge on any atom is -0.389 e. The summed E-state index contributed by atoms with van der Waals surface area (Å²) in [5.74, 6) is -0.329. The number of aliphatic hydroxyl groups is 2. The highest BCUT2D eigenvalue weighted by Crippen LogP contribution is 2.25. The third kappa shape index (κ3) is 2.02. The van der Waals surface area contributed by atoms with Gasteiger partial charge in [-0.2, -0.15) is 0 Å². The summed E-state index contributed by atoms with van der Waals surface area (Å²) in [6, 6.07) is 4.36. The second-order valence-corrected chi connectivity index (χ2v) is 4.02. The van der Waals surface area contributed by atoms with Crippen LogP contribution in [-0.2, 0) is 6.54 Å². The van der Waals surface area contributed by atoms with E-state index in [-0.39, 0.29) is 12.4 Å². The molecule has 1 aliphatic rings. The minimum atomic E-state index is -0.754. The first-order valence-corrected chi connectivity index (χ1v) is 5.21. The summed E-state index contributed by atoms with van der Waals surface area (Å²) in [7, 11) is 0. The quantitative estimate of drug-likeness (QED) is 0.654. The highest BCUT2D eigenvalue weighted by atomic mass is 19.1. The van der Waals surface area contributed by atoms with Crippen molar-refractivity contribution in [2.45, 2.75) is 18.8 Å². The molecule has 88 valence electrons. The predicted octanol–water partition coefficient (Wildman–Crippen LogP) is -0.174. The van der Waals surface area contributed by atoms with E-state index in [1.165, 1.54) is 12.1 Å². The lowest BCUT2D eigenvalue weighted by Gasteiger charge is -2.20. The van der Waals surface area contributed by atoms with Crippen molar-refractivity contribution in [2.24, 2.45) is 5.73 Å². The Kier molecular flexibility index (Phi) is 3.09. The van der Waals surface area contributed by atoms with E-state index in [9.17, 15) is 14.6 Å². The Hall–Kier alpha value is -1.17. The highest BCUT2D eigenvalue weighted by Gasteiger charge is 2.30. The van der Waals surface area contributed by atoms with E-state index >= 15 is 0 Å². The summed E-state index contributed by atoms with van der Waals surface area (Å²) in [6.07, 6.45) is -1.51. The smallest absolute Gasteiger partial charge is 0.123 e. The largest absolute Gasteiger partial charge is 0.389 e. The van der Waals surface area contributed by atoms with Gasteiger partial charge in [-0.05, 0) is 23.8 Å². The number of hydrogen-bond donors (Lipinski definition) is 3. The fourth-order valence-electron chi connectivity index (χ4n) is 1.99. The van der Waals surface area contributed by atoms with Crippen LogP contribution in [0.1, 0.15) is 5.56 Å². The fraction of sp³-hybridized carbons (Fsp3) is 0.455. The van der Waals surface area contributed by atoms with Crippen LogP contribution in [0.5, 0.6) is 0 Å². The molecule has 0 aromatic heterocycles. The van der Waals surface area contributed by atoms with Gasteiger partial charge in [0, 0.05) is 25.3 Å². The molecule has 0 saturated carbocycles. The lowest BCUT2D eigenvalue weighted by Crippen LogP contribution is -2.23. The summed E-state index contributed by atoms with van der Waals surface area (Å²) >= 11 is 0. The van der Waals surface area contributed by atoms with Gasteiger partial charge in [0.15, 0.2) is 0 Å². The molecule has 1 heterocycles. The van der Waals surface area contributed by atoms with Crippen molar-refractivity contribution in [3.63, 3.8) is 0 Å². The number of β-amino-alcohol motifs (C(OH)–C–C–N with tert-alkyl or cyclic N) is 2. The molecule has 0 amide bonds. The third-order valence-electron chi connectivity index (χ3n) is 2.86. The van der Waals surface area contributed by atoms with E-state index in [4.69, 9.17) is 5.73 Å². The molecule has 2 rings (SSSR count). The molecule has 0 bridgehead atoms. The lowest BCUT2D eigenvalue weighted by molar-refractivity contribution is 0.0572. The van der Waals surface area contributed by atoms with E-state index < -0.39 is 12.2 Å². The number of nitrogens with zero attached hydrogens (tertiary/aromatic N) is 1. The zero-order valence-electron chi connectivity index (χ0n) is 8.81. The molecule has 4 N–H and O–H groups in total. The number of anilines is 1. The van der Waals surface area contributed by atoms with Gasteiger partial charge in [-0.25, -0.2) is 4.39 Å².